The molecule has 5 heteroatoms. The summed E-state index contributed by atoms with van der Waals surface area (Å²) in [6, 6.07) is 18.4. The summed E-state index contributed by atoms with van der Waals surface area (Å²) in [6.07, 6.45) is 1.31. The predicted molar refractivity (Wildman–Crippen MR) is 111 cm³/mol. The highest BCUT2D eigenvalue weighted by Crippen LogP contribution is 2.49. The second-order valence-electron chi connectivity index (χ2n) is 7.45. The summed E-state index contributed by atoms with van der Waals surface area (Å²) < 4.78 is 6.59. The largest absolute Gasteiger partial charge is 0.338 e. The molecular formula is C23H19BrN2O2. The summed E-state index contributed by atoms with van der Waals surface area (Å²) >= 11 is 3.50. The lowest BCUT2D eigenvalue weighted by molar-refractivity contribution is -0.116. The molecule has 2 heterocycles. The van der Waals surface area contributed by atoms with E-state index in [2.05, 4.69) is 50.7 Å². The second-order valence-corrected chi connectivity index (χ2v) is 8.37. The van der Waals surface area contributed by atoms with Gasteiger partial charge >= 0.3 is 0 Å². The summed E-state index contributed by atoms with van der Waals surface area (Å²) in [4.78, 5) is 13.3. The zero-order chi connectivity index (χ0) is 19.3. The zero-order valence-electron chi connectivity index (χ0n) is 15.4. The highest BCUT2D eigenvalue weighted by atomic mass is 79.9. The molecule has 0 radical (unpaired) electrons. The van der Waals surface area contributed by atoms with Gasteiger partial charge in [0.2, 0.25) is 5.88 Å². The van der Waals surface area contributed by atoms with Crippen molar-refractivity contribution >= 4 is 27.6 Å². The van der Waals surface area contributed by atoms with E-state index in [1.807, 2.05) is 37.3 Å². The number of anilines is 1. The molecule has 0 amide bonds. The maximum absolute atomic E-state index is 13.3. The van der Waals surface area contributed by atoms with Crippen molar-refractivity contribution in [2.45, 2.75) is 31.6 Å². The molecular weight excluding hydrogens is 416 g/mol. The molecule has 0 saturated carbocycles. The maximum atomic E-state index is 13.3. The average molecular weight is 435 g/mol. The van der Waals surface area contributed by atoms with Crippen LogP contribution >= 0.6 is 15.9 Å². The summed E-state index contributed by atoms with van der Waals surface area (Å²) in [6.45, 7) is 1.93. The normalized spacial score (nSPS) is 21.1. The zero-order valence-corrected chi connectivity index (χ0v) is 17.0. The van der Waals surface area contributed by atoms with Gasteiger partial charge in [-0.25, -0.2) is 0 Å². The smallest absolute Gasteiger partial charge is 0.233 e. The molecule has 2 aliphatic rings. The number of allylic oxidation sites excluding steroid dienone is 2. The van der Waals surface area contributed by atoms with Gasteiger partial charge in [0, 0.05) is 28.1 Å². The van der Waals surface area contributed by atoms with Gasteiger partial charge in [0.25, 0.3) is 0 Å². The van der Waals surface area contributed by atoms with E-state index in [1.165, 1.54) is 5.56 Å². The number of rotatable bonds is 2. The van der Waals surface area contributed by atoms with E-state index in [-0.39, 0.29) is 17.6 Å². The Morgan fingerprint density at radius 3 is 2.54 bits per heavy atom. The van der Waals surface area contributed by atoms with E-state index in [9.17, 15) is 4.79 Å². The fourth-order valence-corrected chi connectivity index (χ4v) is 4.69. The highest BCUT2D eigenvalue weighted by Gasteiger charge is 2.41. The molecule has 2 atom stereocenters. The van der Waals surface area contributed by atoms with Crippen molar-refractivity contribution in [2.24, 2.45) is 0 Å². The van der Waals surface area contributed by atoms with E-state index in [4.69, 9.17) is 4.52 Å². The third-order valence-electron chi connectivity index (χ3n) is 5.73. The van der Waals surface area contributed by atoms with Crippen LogP contribution in [0.1, 0.15) is 47.1 Å². The molecule has 1 N–H and O–H groups in total. The topological polar surface area (TPSA) is 55.1 Å². The van der Waals surface area contributed by atoms with Gasteiger partial charge in [0.05, 0.1) is 11.3 Å². The minimum absolute atomic E-state index is 0.144. The number of aryl methyl sites for hydroxylation is 1. The number of nitrogens with one attached hydrogen (secondary N) is 1. The van der Waals surface area contributed by atoms with Crippen molar-refractivity contribution < 1.29 is 9.32 Å². The van der Waals surface area contributed by atoms with Gasteiger partial charge in [-0.1, -0.05) is 63.6 Å². The van der Waals surface area contributed by atoms with Crippen LogP contribution in [0.3, 0.4) is 0 Å². The molecule has 2 unspecified atom stereocenters. The number of aromatic nitrogens is 1. The van der Waals surface area contributed by atoms with Crippen molar-refractivity contribution in [2.75, 3.05) is 5.32 Å². The Morgan fingerprint density at radius 1 is 1.04 bits per heavy atom. The fourth-order valence-electron chi connectivity index (χ4n) is 4.42. The van der Waals surface area contributed by atoms with Crippen molar-refractivity contribution in [3.8, 4) is 0 Å². The first-order chi connectivity index (χ1) is 13.6. The van der Waals surface area contributed by atoms with E-state index < -0.39 is 0 Å². The summed E-state index contributed by atoms with van der Waals surface area (Å²) in [7, 11) is 0. The lowest BCUT2D eigenvalue weighted by Gasteiger charge is -2.34. The van der Waals surface area contributed by atoms with Gasteiger partial charge in [0.15, 0.2) is 5.78 Å². The Balaban J connectivity index is 1.63. The minimum atomic E-state index is -0.144. The molecule has 28 heavy (non-hydrogen) atoms. The first kappa shape index (κ1) is 17.4. The molecule has 3 aromatic rings. The number of carbonyl (C=O) groups excluding carboxylic acids is 1. The molecule has 4 nitrogen and oxygen atoms in total. The lowest BCUT2D eigenvalue weighted by atomic mass is 9.72. The van der Waals surface area contributed by atoms with Gasteiger partial charge in [-0.3, -0.25) is 4.79 Å². The van der Waals surface area contributed by atoms with Gasteiger partial charge in [-0.15, -0.1) is 0 Å². The molecule has 0 bridgehead atoms. The summed E-state index contributed by atoms with van der Waals surface area (Å²) in [5.41, 5.74) is 5.88. The minimum Gasteiger partial charge on any atom is -0.338 e. The molecule has 1 aliphatic carbocycles. The lowest BCUT2D eigenvalue weighted by Crippen LogP contribution is -2.29. The standard InChI is InChI=1S/C23H19BrN2O2/c1-13-20-21(15-7-9-17(24)10-8-15)22-18(25-23(20)28-26-13)11-16(12-19(22)27)14-5-3-2-4-6-14/h2-10,16,21,25H,11-12H2,1H3. The van der Waals surface area contributed by atoms with Crippen LogP contribution in [0.4, 0.5) is 5.88 Å². The monoisotopic (exact) mass is 434 g/mol. The second kappa shape index (κ2) is 6.74. The Hall–Kier alpha value is -2.66. The van der Waals surface area contributed by atoms with Crippen LogP contribution in [0.2, 0.25) is 0 Å². The number of carbonyl (C=O) groups is 1. The molecule has 5 rings (SSSR count). The van der Waals surface area contributed by atoms with Crippen molar-refractivity contribution in [3.05, 3.63) is 92.7 Å². The van der Waals surface area contributed by atoms with E-state index in [0.717, 1.165) is 39.0 Å². The van der Waals surface area contributed by atoms with Crippen molar-refractivity contribution in [3.63, 3.8) is 0 Å². The van der Waals surface area contributed by atoms with Gasteiger partial charge in [-0.05, 0) is 42.5 Å². The van der Waals surface area contributed by atoms with Crippen molar-refractivity contribution in [1.82, 2.24) is 5.16 Å². The SMILES string of the molecule is Cc1noc2c1C(c1ccc(Br)cc1)C1=C(CC(c3ccccc3)CC1=O)N2. The number of Topliss-reactive ketones (excluding diaryl/α,β-unsaturated/α-hetero) is 1. The molecule has 140 valence electrons. The molecule has 2 aromatic carbocycles. The van der Waals surface area contributed by atoms with Gasteiger partial charge < -0.3 is 9.84 Å². The number of fused-ring (bicyclic) bond motifs is 1. The average Bonchev–Trinajstić information content (AvgIpc) is 3.08. The number of nitrogens with zero attached hydrogens (tertiary/aromatic N) is 1. The molecule has 1 aromatic heterocycles. The first-order valence-electron chi connectivity index (χ1n) is 9.41. The van der Waals surface area contributed by atoms with Crippen LogP contribution in [0.25, 0.3) is 0 Å². The predicted octanol–water partition coefficient (Wildman–Crippen LogP) is 5.70. The number of hydrogen-bond acceptors (Lipinski definition) is 4. The molecule has 0 spiro atoms. The van der Waals surface area contributed by atoms with Crippen LogP contribution in [0.15, 0.2) is 74.9 Å². The Kier molecular flexibility index (Phi) is 4.20. The van der Waals surface area contributed by atoms with Crippen molar-refractivity contribution in [1.29, 1.82) is 0 Å². The quantitative estimate of drug-likeness (QED) is 0.561. The molecule has 1 aliphatic heterocycles. The molecule has 0 saturated heterocycles. The van der Waals surface area contributed by atoms with Crippen LogP contribution < -0.4 is 5.32 Å². The van der Waals surface area contributed by atoms with Crippen LogP contribution in [-0.4, -0.2) is 10.9 Å². The summed E-state index contributed by atoms with van der Waals surface area (Å²) in [5, 5.41) is 7.55. The van der Waals surface area contributed by atoms with E-state index >= 15 is 0 Å². The van der Waals surface area contributed by atoms with Crippen LogP contribution in [-0.2, 0) is 4.79 Å². The van der Waals surface area contributed by atoms with Crippen LogP contribution in [0.5, 0.6) is 0 Å². The van der Waals surface area contributed by atoms with E-state index in [1.54, 1.807) is 0 Å². The third-order valence-corrected chi connectivity index (χ3v) is 6.26. The highest BCUT2D eigenvalue weighted by molar-refractivity contribution is 9.10. The van der Waals surface area contributed by atoms with E-state index in [0.29, 0.717) is 12.3 Å². The van der Waals surface area contributed by atoms with Gasteiger partial charge in [-0.2, -0.15) is 0 Å². The maximum Gasteiger partial charge on any atom is 0.233 e. The Bertz CT molecular complexity index is 1080. The summed E-state index contributed by atoms with van der Waals surface area (Å²) in [5.74, 6) is 0.887. The third kappa shape index (κ3) is 2.81. The number of benzene rings is 2. The fraction of sp³-hybridized carbons (Fsp3) is 0.217. The Labute approximate surface area is 171 Å². The molecule has 0 fully saturated rings. The van der Waals surface area contributed by atoms with Crippen LogP contribution in [0, 0.1) is 6.92 Å². The Morgan fingerprint density at radius 2 is 1.79 bits per heavy atom. The number of hydrogen-bond donors (Lipinski definition) is 1. The number of halogens is 1. The number of ketones is 1. The van der Waals surface area contributed by atoms with Gasteiger partial charge in [0.1, 0.15) is 0 Å². The first-order valence-corrected chi connectivity index (χ1v) is 10.2.